The molecule has 0 aliphatic rings. The van der Waals surface area contributed by atoms with Crippen molar-refractivity contribution in [3.8, 4) is 11.1 Å². The van der Waals surface area contributed by atoms with Crippen LogP contribution in [0.2, 0.25) is 0 Å². The second-order valence-corrected chi connectivity index (χ2v) is 4.55. The van der Waals surface area contributed by atoms with Crippen molar-refractivity contribution in [2.75, 3.05) is 6.61 Å². The van der Waals surface area contributed by atoms with Gasteiger partial charge in [-0.15, -0.1) is 0 Å². The van der Waals surface area contributed by atoms with Gasteiger partial charge in [0, 0.05) is 6.61 Å². The van der Waals surface area contributed by atoms with Crippen LogP contribution in [0.4, 0.5) is 0 Å². The number of benzene rings is 2. The van der Waals surface area contributed by atoms with Crippen LogP contribution in [0, 0.1) is 5.92 Å². The van der Waals surface area contributed by atoms with Crippen molar-refractivity contribution in [1.29, 1.82) is 0 Å². The summed E-state index contributed by atoms with van der Waals surface area (Å²) in [5.41, 5.74) is 3.77. The van der Waals surface area contributed by atoms with Crippen molar-refractivity contribution in [3.63, 3.8) is 0 Å². The summed E-state index contributed by atoms with van der Waals surface area (Å²) >= 11 is 0. The Morgan fingerprint density at radius 1 is 0.882 bits per heavy atom. The average Bonchev–Trinajstić information content (AvgIpc) is 2.40. The van der Waals surface area contributed by atoms with Crippen LogP contribution in [0.5, 0.6) is 0 Å². The molecule has 0 bridgehead atoms. The third-order valence-corrected chi connectivity index (χ3v) is 2.96. The fourth-order valence-electron chi connectivity index (χ4n) is 1.93. The summed E-state index contributed by atoms with van der Waals surface area (Å²) in [6, 6.07) is 19.0. The van der Waals surface area contributed by atoms with Gasteiger partial charge in [0.15, 0.2) is 0 Å². The molecule has 0 heterocycles. The zero-order valence-electron chi connectivity index (χ0n) is 10.1. The van der Waals surface area contributed by atoms with E-state index in [2.05, 4.69) is 55.5 Å². The van der Waals surface area contributed by atoms with E-state index < -0.39 is 0 Å². The molecule has 0 unspecified atom stereocenters. The Morgan fingerprint density at radius 3 is 2.06 bits per heavy atom. The van der Waals surface area contributed by atoms with E-state index in [9.17, 15) is 0 Å². The lowest BCUT2D eigenvalue weighted by molar-refractivity contribution is 0.237. The van der Waals surface area contributed by atoms with Gasteiger partial charge in [-0.2, -0.15) is 0 Å². The van der Waals surface area contributed by atoms with Gasteiger partial charge in [-0.1, -0.05) is 61.5 Å². The average molecular weight is 226 g/mol. The monoisotopic (exact) mass is 226 g/mol. The second-order valence-electron chi connectivity index (χ2n) is 4.55. The normalized spacial score (nSPS) is 12.4. The molecule has 2 aromatic rings. The zero-order chi connectivity index (χ0) is 12.1. The van der Waals surface area contributed by atoms with Crippen molar-refractivity contribution in [2.45, 2.75) is 13.3 Å². The van der Waals surface area contributed by atoms with Gasteiger partial charge in [-0.05, 0) is 29.0 Å². The minimum absolute atomic E-state index is 0.250. The van der Waals surface area contributed by atoms with E-state index >= 15 is 0 Å². The Bertz CT molecular complexity index is 445. The summed E-state index contributed by atoms with van der Waals surface area (Å²) in [5.74, 6) is 0.331. The Labute approximate surface area is 103 Å². The number of hydrogen-bond donors (Lipinski definition) is 1. The Morgan fingerprint density at radius 2 is 1.47 bits per heavy atom. The molecule has 2 aromatic carbocycles. The molecule has 0 aliphatic carbocycles. The first kappa shape index (κ1) is 11.9. The lowest BCUT2D eigenvalue weighted by atomic mass is 9.99. The Balaban J connectivity index is 2.13. The van der Waals surface area contributed by atoms with E-state index in [0.29, 0.717) is 5.92 Å². The van der Waals surface area contributed by atoms with Crippen molar-refractivity contribution >= 4 is 0 Å². The minimum atomic E-state index is 0.250. The van der Waals surface area contributed by atoms with E-state index in [0.717, 1.165) is 6.42 Å². The minimum Gasteiger partial charge on any atom is -0.396 e. The standard InChI is InChI=1S/C16H18O/c1-13(12-17)11-14-7-9-16(10-8-14)15-5-3-2-4-6-15/h2-10,13,17H,11-12H2,1H3/t13-/m1/s1. The molecule has 0 aliphatic heterocycles. The van der Waals surface area contributed by atoms with Crippen LogP contribution in [-0.4, -0.2) is 11.7 Å². The summed E-state index contributed by atoms with van der Waals surface area (Å²) in [6.45, 7) is 2.31. The molecule has 17 heavy (non-hydrogen) atoms. The summed E-state index contributed by atoms with van der Waals surface area (Å²) in [7, 11) is 0. The van der Waals surface area contributed by atoms with Crippen LogP contribution in [0.25, 0.3) is 11.1 Å². The quantitative estimate of drug-likeness (QED) is 0.845. The maximum Gasteiger partial charge on any atom is 0.0459 e. The smallest absolute Gasteiger partial charge is 0.0459 e. The third kappa shape index (κ3) is 3.18. The van der Waals surface area contributed by atoms with Crippen molar-refractivity contribution in [3.05, 3.63) is 60.2 Å². The lowest BCUT2D eigenvalue weighted by Crippen LogP contribution is -2.04. The first-order valence-corrected chi connectivity index (χ1v) is 6.05. The molecule has 88 valence electrons. The van der Waals surface area contributed by atoms with Crippen LogP contribution >= 0.6 is 0 Å². The molecule has 2 rings (SSSR count). The van der Waals surface area contributed by atoms with Crippen molar-refractivity contribution < 1.29 is 5.11 Å². The first-order chi connectivity index (χ1) is 8.29. The molecule has 0 fully saturated rings. The Kier molecular flexibility index (Phi) is 3.94. The largest absolute Gasteiger partial charge is 0.396 e. The van der Waals surface area contributed by atoms with Crippen molar-refractivity contribution in [2.24, 2.45) is 5.92 Å². The second kappa shape index (κ2) is 5.65. The van der Waals surface area contributed by atoms with Gasteiger partial charge in [0.05, 0.1) is 0 Å². The molecular weight excluding hydrogens is 208 g/mol. The van der Waals surface area contributed by atoms with Gasteiger partial charge >= 0.3 is 0 Å². The third-order valence-electron chi connectivity index (χ3n) is 2.96. The van der Waals surface area contributed by atoms with Gasteiger partial charge in [-0.25, -0.2) is 0 Å². The molecule has 1 nitrogen and oxygen atoms in total. The molecule has 1 heteroatoms. The molecular formula is C16H18O. The predicted molar refractivity (Wildman–Crippen MR) is 71.8 cm³/mol. The van der Waals surface area contributed by atoms with E-state index in [1.165, 1.54) is 16.7 Å². The molecule has 0 saturated heterocycles. The van der Waals surface area contributed by atoms with Crippen LogP contribution in [0.15, 0.2) is 54.6 Å². The van der Waals surface area contributed by atoms with E-state index in [1.54, 1.807) is 0 Å². The first-order valence-electron chi connectivity index (χ1n) is 6.05. The topological polar surface area (TPSA) is 20.2 Å². The maximum atomic E-state index is 9.03. The highest BCUT2D eigenvalue weighted by Gasteiger charge is 2.02. The molecule has 1 N–H and O–H groups in total. The highest BCUT2D eigenvalue weighted by Crippen LogP contribution is 2.20. The van der Waals surface area contributed by atoms with E-state index in [4.69, 9.17) is 5.11 Å². The number of rotatable bonds is 4. The van der Waals surface area contributed by atoms with E-state index in [1.807, 2.05) is 6.07 Å². The number of aliphatic hydroxyl groups excluding tert-OH is 1. The SMILES string of the molecule is C[C@@H](CO)Cc1ccc(-c2ccccc2)cc1. The van der Waals surface area contributed by atoms with Gasteiger partial charge in [0.25, 0.3) is 0 Å². The Hall–Kier alpha value is -1.60. The summed E-state index contributed by atoms with van der Waals surface area (Å²) < 4.78 is 0. The molecule has 0 radical (unpaired) electrons. The van der Waals surface area contributed by atoms with E-state index in [-0.39, 0.29) is 6.61 Å². The molecule has 0 saturated carbocycles. The van der Waals surface area contributed by atoms with Gasteiger partial charge in [0.2, 0.25) is 0 Å². The molecule has 0 spiro atoms. The van der Waals surface area contributed by atoms with Gasteiger partial charge in [-0.3, -0.25) is 0 Å². The van der Waals surface area contributed by atoms with Crippen LogP contribution < -0.4 is 0 Å². The fraction of sp³-hybridized carbons (Fsp3) is 0.250. The summed E-state index contributed by atoms with van der Waals surface area (Å²) in [4.78, 5) is 0. The zero-order valence-corrected chi connectivity index (χ0v) is 10.1. The van der Waals surface area contributed by atoms with Crippen LogP contribution in [0.3, 0.4) is 0 Å². The molecule has 0 aromatic heterocycles. The fourth-order valence-corrected chi connectivity index (χ4v) is 1.93. The lowest BCUT2D eigenvalue weighted by Gasteiger charge is -2.08. The van der Waals surface area contributed by atoms with Crippen LogP contribution in [-0.2, 0) is 6.42 Å². The molecule has 0 amide bonds. The van der Waals surface area contributed by atoms with Crippen molar-refractivity contribution in [1.82, 2.24) is 0 Å². The highest BCUT2D eigenvalue weighted by atomic mass is 16.3. The number of aliphatic hydroxyl groups is 1. The predicted octanol–water partition coefficient (Wildman–Crippen LogP) is 3.52. The summed E-state index contributed by atoms with van der Waals surface area (Å²) in [6.07, 6.45) is 0.936. The maximum absolute atomic E-state index is 9.03. The van der Waals surface area contributed by atoms with Crippen LogP contribution in [0.1, 0.15) is 12.5 Å². The summed E-state index contributed by atoms with van der Waals surface area (Å²) in [5, 5.41) is 9.03. The highest BCUT2D eigenvalue weighted by molar-refractivity contribution is 5.63. The van der Waals surface area contributed by atoms with Gasteiger partial charge < -0.3 is 5.11 Å². The number of hydrogen-bond acceptors (Lipinski definition) is 1. The van der Waals surface area contributed by atoms with Gasteiger partial charge in [0.1, 0.15) is 0 Å². The molecule has 1 atom stereocenters.